The molecule has 250 valence electrons. The summed E-state index contributed by atoms with van der Waals surface area (Å²) in [5.74, 6) is -0.304. The summed E-state index contributed by atoms with van der Waals surface area (Å²) in [6.45, 7) is 15.5. The van der Waals surface area contributed by atoms with Crippen molar-refractivity contribution >= 4 is 35.2 Å². The molecule has 0 atom stereocenters. The van der Waals surface area contributed by atoms with E-state index in [1.165, 1.54) is 11.1 Å². The van der Waals surface area contributed by atoms with Gasteiger partial charge in [0.15, 0.2) is 0 Å². The number of hydrazine groups is 1. The number of carbonyl (C=O) groups excluding carboxylic acids is 4. The van der Waals surface area contributed by atoms with Crippen molar-refractivity contribution in [3.8, 4) is 0 Å². The number of nitrogens with zero attached hydrogens (tertiary/aromatic N) is 5. The molecule has 2 heterocycles. The zero-order valence-corrected chi connectivity index (χ0v) is 28.7. The molecule has 0 aliphatic carbocycles. The molecule has 2 aliphatic heterocycles. The van der Waals surface area contributed by atoms with Crippen molar-refractivity contribution in [1.29, 1.82) is 0 Å². The molecule has 2 aromatic rings. The molecule has 0 spiro atoms. The van der Waals surface area contributed by atoms with E-state index in [1.807, 2.05) is 82.6 Å². The molecule has 4 rings (SSSR count). The summed E-state index contributed by atoms with van der Waals surface area (Å²) in [5, 5.41) is 6.60. The van der Waals surface area contributed by atoms with Crippen molar-refractivity contribution < 1.29 is 23.9 Å². The van der Waals surface area contributed by atoms with Crippen molar-refractivity contribution in [2.45, 2.75) is 86.0 Å². The van der Waals surface area contributed by atoms with Gasteiger partial charge in [0.25, 0.3) is 5.91 Å². The van der Waals surface area contributed by atoms with Gasteiger partial charge in [-0.1, -0.05) is 24.3 Å². The Morgan fingerprint density at radius 1 is 1.00 bits per heavy atom. The van der Waals surface area contributed by atoms with Crippen LogP contribution < -0.4 is 15.1 Å². The minimum Gasteiger partial charge on any atom is -0.444 e. The zero-order chi connectivity index (χ0) is 33.8. The monoisotopic (exact) mass is 634 g/mol. The lowest BCUT2D eigenvalue weighted by Gasteiger charge is -2.34. The van der Waals surface area contributed by atoms with Gasteiger partial charge < -0.3 is 24.8 Å². The topological polar surface area (TPSA) is 106 Å². The molecule has 46 heavy (non-hydrogen) atoms. The van der Waals surface area contributed by atoms with Gasteiger partial charge in [0, 0.05) is 63.6 Å². The van der Waals surface area contributed by atoms with E-state index in [4.69, 9.17) is 4.74 Å². The highest BCUT2D eigenvalue weighted by atomic mass is 16.6. The minimum atomic E-state index is -0.625. The van der Waals surface area contributed by atoms with Crippen LogP contribution in [0.3, 0.4) is 0 Å². The number of nitrogens with one attached hydrogen (secondary N) is 1. The molecule has 0 saturated carbocycles. The Hall–Kier alpha value is -4.12. The van der Waals surface area contributed by atoms with Crippen LogP contribution in [0.2, 0.25) is 0 Å². The normalized spacial score (nSPS) is 14.5. The lowest BCUT2D eigenvalue weighted by Crippen LogP contribution is -2.49. The fourth-order valence-corrected chi connectivity index (χ4v) is 5.98. The number of likely N-dealkylation sites (N-methyl/N-ethyl adjacent to an activating group) is 1. The SMILES string of the molecule is CCN1C(=O)CCc2cc(N(CC(=O)NCCN(C(=O)OC(C)(C)C)C(C)C)CC(=O)N(C)N3Cc4ccccc4C3)c(C)cc21. The van der Waals surface area contributed by atoms with Crippen molar-refractivity contribution in [3.63, 3.8) is 0 Å². The molecular weight excluding hydrogens is 584 g/mol. The van der Waals surface area contributed by atoms with Gasteiger partial charge in [0.2, 0.25) is 11.8 Å². The number of fused-ring (bicyclic) bond motifs is 2. The summed E-state index contributed by atoms with van der Waals surface area (Å²) in [5.41, 5.74) is 5.33. The van der Waals surface area contributed by atoms with E-state index in [0.29, 0.717) is 32.5 Å². The Labute approximate surface area is 273 Å². The van der Waals surface area contributed by atoms with Gasteiger partial charge in [0.05, 0.1) is 13.1 Å². The van der Waals surface area contributed by atoms with E-state index in [0.717, 1.165) is 22.5 Å². The predicted molar refractivity (Wildman–Crippen MR) is 179 cm³/mol. The Morgan fingerprint density at radius 2 is 1.65 bits per heavy atom. The minimum absolute atomic E-state index is 0.0111. The Balaban J connectivity index is 1.51. The second-order valence-corrected chi connectivity index (χ2v) is 13.4. The van der Waals surface area contributed by atoms with E-state index in [1.54, 1.807) is 21.9 Å². The second-order valence-electron chi connectivity index (χ2n) is 13.4. The highest BCUT2D eigenvalue weighted by molar-refractivity contribution is 5.97. The fourth-order valence-electron chi connectivity index (χ4n) is 5.98. The second kappa shape index (κ2) is 14.5. The van der Waals surface area contributed by atoms with E-state index in [-0.39, 0.29) is 49.9 Å². The number of benzene rings is 2. The average Bonchev–Trinajstić information content (AvgIpc) is 3.41. The molecule has 11 nitrogen and oxygen atoms in total. The van der Waals surface area contributed by atoms with Gasteiger partial charge >= 0.3 is 6.09 Å². The van der Waals surface area contributed by atoms with Crippen LogP contribution in [0.1, 0.15) is 70.2 Å². The number of amides is 4. The van der Waals surface area contributed by atoms with Crippen molar-refractivity contribution in [3.05, 3.63) is 58.7 Å². The first kappa shape index (κ1) is 34.7. The van der Waals surface area contributed by atoms with Crippen LogP contribution in [0.25, 0.3) is 0 Å². The summed E-state index contributed by atoms with van der Waals surface area (Å²) in [6, 6.07) is 12.1. The van der Waals surface area contributed by atoms with Gasteiger partial charge in [-0.05, 0) is 89.3 Å². The number of hydrogen-bond donors (Lipinski definition) is 1. The van der Waals surface area contributed by atoms with Crippen molar-refractivity contribution in [1.82, 2.24) is 20.2 Å². The molecular formula is C35H50N6O5. The summed E-state index contributed by atoms with van der Waals surface area (Å²) >= 11 is 0. The fraction of sp³-hybridized carbons (Fsp3) is 0.543. The summed E-state index contributed by atoms with van der Waals surface area (Å²) in [7, 11) is 1.77. The Bertz CT molecular complexity index is 1430. The maximum absolute atomic E-state index is 13.8. The maximum Gasteiger partial charge on any atom is 0.410 e. The number of aryl methyl sites for hydroxylation is 2. The van der Waals surface area contributed by atoms with Crippen LogP contribution in [-0.4, -0.2) is 90.1 Å². The molecule has 4 amide bonds. The van der Waals surface area contributed by atoms with Gasteiger partial charge in [-0.25, -0.2) is 9.80 Å². The third kappa shape index (κ3) is 8.37. The highest BCUT2D eigenvalue weighted by Crippen LogP contribution is 2.34. The van der Waals surface area contributed by atoms with Gasteiger partial charge in [-0.3, -0.25) is 19.4 Å². The average molecular weight is 635 g/mol. The largest absolute Gasteiger partial charge is 0.444 e. The van der Waals surface area contributed by atoms with Gasteiger partial charge in [0.1, 0.15) is 5.60 Å². The molecule has 2 aliphatic rings. The molecule has 0 aromatic heterocycles. The summed E-state index contributed by atoms with van der Waals surface area (Å²) < 4.78 is 5.55. The van der Waals surface area contributed by atoms with Gasteiger partial charge in [-0.15, -0.1) is 0 Å². The van der Waals surface area contributed by atoms with Crippen LogP contribution in [0.15, 0.2) is 36.4 Å². The first-order chi connectivity index (χ1) is 21.7. The van der Waals surface area contributed by atoms with Crippen LogP contribution in [0, 0.1) is 6.92 Å². The number of carbonyl (C=O) groups is 4. The van der Waals surface area contributed by atoms with E-state index in [2.05, 4.69) is 17.4 Å². The Kier molecular flexibility index (Phi) is 11.0. The van der Waals surface area contributed by atoms with Crippen LogP contribution in [-0.2, 0) is 38.6 Å². The van der Waals surface area contributed by atoms with Crippen LogP contribution >= 0.6 is 0 Å². The standard InChI is InChI=1S/C35H50N6O5/c1-9-40-30-18-25(4)29(19-26(30)14-15-32(40)43)38(23-33(44)37(8)39-20-27-12-10-11-13-28(27)21-39)22-31(42)36-16-17-41(24(2)3)34(45)46-35(5,6)7/h10-13,18-19,24H,9,14-17,20-23H2,1-8H3,(H,36,42). The summed E-state index contributed by atoms with van der Waals surface area (Å²) in [6.07, 6.45) is 0.596. The quantitative estimate of drug-likeness (QED) is 0.394. The number of hydrogen-bond acceptors (Lipinski definition) is 7. The lowest BCUT2D eigenvalue weighted by atomic mass is 9.97. The highest BCUT2D eigenvalue weighted by Gasteiger charge is 2.30. The zero-order valence-electron chi connectivity index (χ0n) is 28.7. The maximum atomic E-state index is 13.8. The molecule has 0 bridgehead atoms. The van der Waals surface area contributed by atoms with Crippen molar-refractivity contribution in [2.75, 3.05) is 49.6 Å². The van der Waals surface area contributed by atoms with E-state index in [9.17, 15) is 19.2 Å². The van der Waals surface area contributed by atoms with Crippen molar-refractivity contribution in [2.24, 2.45) is 0 Å². The van der Waals surface area contributed by atoms with Gasteiger partial charge in [-0.2, -0.15) is 0 Å². The molecule has 0 unspecified atom stereocenters. The van der Waals surface area contributed by atoms with E-state index < -0.39 is 11.7 Å². The number of rotatable bonds is 11. The third-order valence-electron chi connectivity index (χ3n) is 8.45. The molecule has 0 radical (unpaired) electrons. The smallest absolute Gasteiger partial charge is 0.410 e. The first-order valence-electron chi connectivity index (χ1n) is 16.2. The number of ether oxygens (including phenoxy) is 1. The van der Waals surface area contributed by atoms with E-state index >= 15 is 0 Å². The lowest BCUT2D eigenvalue weighted by molar-refractivity contribution is -0.145. The van der Waals surface area contributed by atoms with Crippen LogP contribution in [0.5, 0.6) is 0 Å². The molecule has 2 aromatic carbocycles. The molecule has 0 saturated heterocycles. The first-order valence-corrected chi connectivity index (χ1v) is 16.2. The molecule has 11 heteroatoms. The Morgan fingerprint density at radius 3 is 2.24 bits per heavy atom. The molecule has 0 fully saturated rings. The van der Waals surface area contributed by atoms with Crippen LogP contribution in [0.4, 0.5) is 16.2 Å². The third-order valence-corrected chi connectivity index (χ3v) is 8.45. The predicted octanol–water partition coefficient (Wildman–Crippen LogP) is 4.25. The summed E-state index contributed by atoms with van der Waals surface area (Å²) in [4.78, 5) is 57.7. The molecule has 1 N–H and O–H groups in total. The number of anilines is 2.